The van der Waals surface area contributed by atoms with E-state index in [1.807, 2.05) is 24.3 Å². The average molecular weight is 332 g/mol. The lowest BCUT2D eigenvalue weighted by molar-refractivity contribution is -0.124. The molecule has 0 aromatic heterocycles. The van der Waals surface area contributed by atoms with Crippen LogP contribution in [0.15, 0.2) is 24.3 Å². The van der Waals surface area contributed by atoms with E-state index in [0.29, 0.717) is 18.4 Å². The van der Waals surface area contributed by atoms with E-state index in [1.54, 1.807) is 0 Å². The number of ether oxygens (including phenoxy) is 2. The first-order valence-electron chi connectivity index (χ1n) is 9.13. The van der Waals surface area contributed by atoms with Crippen LogP contribution in [0.5, 0.6) is 11.5 Å². The van der Waals surface area contributed by atoms with Gasteiger partial charge in [0.2, 0.25) is 0 Å². The number of amides is 1. The van der Waals surface area contributed by atoms with Crippen molar-refractivity contribution in [3.63, 3.8) is 0 Å². The molecule has 1 heterocycles. The predicted octanol–water partition coefficient (Wildman–Crippen LogP) is 2.60. The third-order valence-electron chi connectivity index (χ3n) is 4.62. The first-order chi connectivity index (χ1) is 11.7. The Morgan fingerprint density at radius 1 is 1.08 bits per heavy atom. The molecule has 3 rings (SSSR count). The summed E-state index contributed by atoms with van der Waals surface area (Å²) in [5.74, 6) is 1.49. The number of hydrogen-bond acceptors (Lipinski definition) is 4. The van der Waals surface area contributed by atoms with E-state index in [0.717, 1.165) is 44.1 Å². The number of carbonyl (C=O) groups excluding carboxylic acids is 1. The van der Waals surface area contributed by atoms with E-state index in [9.17, 15) is 4.79 Å². The SMILES string of the molecule is CCCOc1ccc(OCC(=O)NC2CCN(C3CC3)CC2)cc1. The van der Waals surface area contributed by atoms with Crippen molar-refractivity contribution in [2.24, 2.45) is 0 Å². The van der Waals surface area contributed by atoms with Crippen LogP contribution in [0.1, 0.15) is 39.0 Å². The molecule has 0 bridgehead atoms. The van der Waals surface area contributed by atoms with Crippen molar-refractivity contribution in [3.8, 4) is 11.5 Å². The highest BCUT2D eigenvalue weighted by molar-refractivity contribution is 5.77. The molecule has 1 aliphatic heterocycles. The number of piperidine rings is 1. The number of nitrogens with one attached hydrogen (secondary N) is 1. The normalized spacial score (nSPS) is 19.0. The Balaban J connectivity index is 1.34. The van der Waals surface area contributed by atoms with Crippen LogP contribution in [0.4, 0.5) is 0 Å². The van der Waals surface area contributed by atoms with Crippen LogP contribution in [-0.2, 0) is 4.79 Å². The maximum Gasteiger partial charge on any atom is 0.258 e. The van der Waals surface area contributed by atoms with Gasteiger partial charge < -0.3 is 19.7 Å². The summed E-state index contributed by atoms with van der Waals surface area (Å²) in [6.45, 7) is 5.07. The molecule has 0 unspecified atom stereocenters. The molecule has 24 heavy (non-hydrogen) atoms. The fourth-order valence-corrected chi connectivity index (χ4v) is 3.12. The predicted molar refractivity (Wildman–Crippen MR) is 93.5 cm³/mol. The average Bonchev–Trinajstić information content (AvgIpc) is 3.45. The van der Waals surface area contributed by atoms with Gasteiger partial charge in [-0.15, -0.1) is 0 Å². The van der Waals surface area contributed by atoms with Crippen LogP contribution < -0.4 is 14.8 Å². The smallest absolute Gasteiger partial charge is 0.258 e. The lowest BCUT2D eigenvalue weighted by Crippen LogP contribution is -2.46. The Morgan fingerprint density at radius 2 is 1.71 bits per heavy atom. The zero-order chi connectivity index (χ0) is 16.8. The molecule has 1 aromatic rings. The molecule has 1 N–H and O–H groups in total. The topological polar surface area (TPSA) is 50.8 Å². The van der Waals surface area contributed by atoms with Crippen molar-refractivity contribution in [1.29, 1.82) is 0 Å². The van der Waals surface area contributed by atoms with Gasteiger partial charge in [0.15, 0.2) is 6.61 Å². The highest BCUT2D eigenvalue weighted by Crippen LogP contribution is 2.29. The first kappa shape index (κ1) is 17.1. The number of carbonyl (C=O) groups is 1. The number of hydrogen-bond donors (Lipinski definition) is 1. The lowest BCUT2D eigenvalue weighted by atomic mass is 10.0. The van der Waals surface area contributed by atoms with Crippen molar-refractivity contribution < 1.29 is 14.3 Å². The summed E-state index contributed by atoms with van der Waals surface area (Å²) in [5.41, 5.74) is 0. The van der Waals surface area contributed by atoms with Gasteiger partial charge in [0.05, 0.1) is 6.61 Å². The van der Waals surface area contributed by atoms with E-state index in [1.165, 1.54) is 12.8 Å². The quantitative estimate of drug-likeness (QED) is 0.795. The molecule has 5 heteroatoms. The highest BCUT2D eigenvalue weighted by Gasteiger charge is 2.32. The van der Waals surface area contributed by atoms with Gasteiger partial charge in [-0.05, 0) is 56.4 Å². The van der Waals surface area contributed by atoms with Gasteiger partial charge in [-0.2, -0.15) is 0 Å². The van der Waals surface area contributed by atoms with Crippen molar-refractivity contribution in [2.75, 3.05) is 26.3 Å². The number of benzene rings is 1. The van der Waals surface area contributed by atoms with Gasteiger partial charge in [-0.3, -0.25) is 4.79 Å². The second-order valence-electron chi connectivity index (χ2n) is 6.72. The molecule has 1 saturated heterocycles. The summed E-state index contributed by atoms with van der Waals surface area (Å²) in [6, 6.07) is 8.54. The summed E-state index contributed by atoms with van der Waals surface area (Å²) in [4.78, 5) is 14.6. The lowest BCUT2D eigenvalue weighted by Gasteiger charge is -2.32. The van der Waals surface area contributed by atoms with Crippen molar-refractivity contribution in [2.45, 2.75) is 51.1 Å². The number of likely N-dealkylation sites (tertiary alicyclic amines) is 1. The third kappa shape index (κ3) is 5.13. The summed E-state index contributed by atoms with van der Waals surface area (Å²) in [7, 11) is 0. The van der Waals surface area contributed by atoms with Gasteiger partial charge in [0.1, 0.15) is 11.5 Å². The van der Waals surface area contributed by atoms with E-state index < -0.39 is 0 Å². The highest BCUT2D eigenvalue weighted by atomic mass is 16.5. The van der Waals surface area contributed by atoms with Gasteiger partial charge >= 0.3 is 0 Å². The van der Waals surface area contributed by atoms with Crippen molar-refractivity contribution in [1.82, 2.24) is 10.2 Å². The minimum atomic E-state index is -0.0359. The molecule has 132 valence electrons. The third-order valence-corrected chi connectivity index (χ3v) is 4.62. The molecule has 2 fully saturated rings. The van der Waals surface area contributed by atoms with Crippen LogP contribution >= 0.6 is 0 Å². The van der Waals surface area contributed by atoms with E-state index in [2.05, 4.69) is 17.1 Å². The minimum Gasteiger partial charge on any atom is -0.494 e. The monoisotopic (exact) mass is 332 g/mol. The number of nitrogens with zero attached hydrogens (tertiary/aromatic N) is 1. The Bertz CT molecular complexity index is 520. The van der Waals surface area contributed by atoms with Crippen LogP contribution in [-0.4, -0.2) is 49.2 Å². The first-order valence-corrected chi connectivity index (χ1v) is 9.13. The Hall–Kier alpha value is -1.75. The van der Waals surface area contributed by atoms with Crippen LogP contribution in [0.3, 0.4) is 0 Å². The zero-order valence-corrected chi connectivity index (χ0v) is 14.5. The molecular formula is C19H28N2O3. The molecular weight excluding hydrogens is 304 g/mol. The van der Waals surface area contributed by atoms with Crippen LogP contribution in [0.2, 0.25) is 0 Å². The fraction of sp³-hybridized carbons (Fsp3) is 0.632. The van der Waals surface area contributed by atoms with Gasteiger partial charge in [-0.25, -0.2) is 0 Å². The Labute approximate surface area is 144 Å². The van der Waals surface area contributed by atoms with Gasteiger partial charge in [-0.1, -0.05) is 6.92 Å². The Morgan fingerprint density at radius 3 is 2.29 bits per heavy atom. The summed E-state index contributed by atoms with van der Waals surface area (Å²) < 4.78 is 11.1. The largest absolute Gasteiger partial charge is 0.494 e. The maximum atomic E-state index is 12.0. The van der Waals surface area contributed by atoms with Crippen LogP contribution in [0, 0.1) is 0 Å². The fourth-order valence-electron chi connectivity index (χ4n) is 3.12. The molecule has 1 aromatic carbocycles. The molecule has 0 atom stereocenters. The molecule has 0 spiro atoms. The van der Waals surface area contributed by atoms with Crippen molar-refractivity contribution in [3.05, 3.63) is 24.3 Å². The molecule has 5 nitrogen and oxygen atoms in total. The maximum absolute atomic E-state index is 12.0. The standard InChI is InChI=1S/C19H28N2O3/c1-2-13-23-17-5-7-18(8-6-17)24-14-19(22)20-15-9-11-21(12-10-15)16-3-4-16/h5-8,15-16H,2-4,9-14H2,1H3,(H,20,22). The molecule has 1 aliphatic carbocycles. The van der Waals surface area contributed by atoms with E-state index >= 15 is 0 Å². The van der Waals surface area contributed by atoms with Crippen molar-refractivity contribution >= 4 is 5.91 Å². The Kier molecular flexibility index (Phi) is 5.96. The number of rotatable bonds is 8. The van der Waals surface area contributed by atoms with Crippen LogP contribution in [0.25, 0.3) is 0 Å². The van der Waals surface area contributed by atoms with E-state index in [-0.39, 0.29) is 12.5 Å². The second kappa shape index (κ2) is 8.38. The van der Waals surface area contributed by atoms with Gasteiger partial charge in [0, 0.05) is 25.2 Å². The minimum absolute atomic E-state index is 0.0359. The second-order valence-corrected chi connectivity index (χ2v) is 6.72. The zero-order valence-electron chi connectivity index (χ0n) is 14.5. The molecule has 0 radical (unpaired) electrons. The molecule has 2 aliphatic rings. The summed E-state index contributed by atoms with van der Waals surface area (Å²) >= 11 is 0. The van der Waals surface area contributed by atoms with E-state index in [4.69, 9.17) is 9.47 Å². The molecule has 1 amide bonds. The van der Waals surface area contributed by atoms with Gasteiger partial charge in [0.25, 0.3) is 5.91 Å². The summed E-state index contributed by atoms with van der Waals surface area (Å²) in [6.07, 6.45) is 5.79. The summed E-state index contributed by atoms with van der Waals surface area (Å²) in [5, 5.41) is 3.09. The molecule has 1 saturated carbocycles.